The van der Waals surface area contributed by atoms with Gasteiger partial charge in [0, 0.05) is 28.5 Å². The molecule has 1 aromatic heterocycles. The zero-order chi connectivity index (χ0) is 25.3. The molecule has 2 atom stereocenters. The van der Waals surface area contributed by atoms with E-state index in [0.717, 1.165) is 0 Å². The number of nitrogens with one attached hydrogen (secondary N) is 1. The molecule has 35 heavy (non-hydrogen) atoms. The van der Waals surface area contributed by atoms with E-state index in [1.165, 1.54) is 36.3 Å². The molecule has 1 aromatic carbocycles. The lowest BCUT2D eigenvalue weighted by Crippen LogP contribution is -2.44. The van der Waals surface area contributed by atoms with Crippen LogP contribution in [0.25, 0.3) is 0 Å². The number of aliphatic imine (C=N–C) groups is 1. The second-order valence-corrected chi connectivity index (χ2v) is 11.5. The lowest BCUT2D eigenvalue weighted by Gasteiger charge is -2.41. The van der Waals surface area contributed by atoms with Gasteiger partial charge in [-0.25, -0.2) is 14.4 Å². The molecular weight excluding hydrogens is 473 g/mol. The van der Waals surface area contributed by atoms with Gasteiger partial charge in [-0.15, -0.1) is 0 Å². The van der Waals surface area contributed by atoms with E-state index in [-0.39, 0.29) is 15.9 Å². The summed E-state index contributed by atoms with van der Waals surface area (Å²) < 4.78 is 30.8. The second-order valence-electron chi connectivity index (χ2n) is 9.87. The van der Waals surface area contributed by atoms with Gasteiger partial charge in [-0.2, -0.15) is 0 Å². The molecule has 0 unspecified atom stereocenters. The number of aromatic nitrogens is 2. The summed E-state index contributed by atoms with van der Waals surface area (Å²) in [6.45, 7) is 8.08. The highest BCUT2D eigenvalue weighted by Gasteiger charge is 2.43. The molecule has 2 aromatic rings. The molecule has 2 aliphatic rings. The lowest BCUT2D eigenvalue weighted by molar-refractivity contribution is -0.120. The van der Waals surface area contributed by atoms with E-state index < -0.39 is 17.3 Å². The van der Waals surface area contributed by atoms with E-state index in [4.69, 9.17) is 19.9 Å². The Hall–Kier alpha value is -2.76. The van der Waals surface area contributed by atoms with Gasteiger partial charge in [-0.3, -0.25) is 9.79 Å². The molecule has 0 radical (unpaired) electrons. The molecule has 188 valence electrons. The van der Waals surface area contributed by atoms with Crippen LogP contribution in [0.1, 0.15) is 43.2 Å². The molecule has 0 bridgehead atoms. The predicted octanol–water partition coefficient (Wildman–Crippen LogP) is 3.36. The Morgan fingerprint density at radius 3 is 2.63 bits per heavy atom. The number of amides is 1. The average molecular weight is 504 g/mol. The number of halogens is 1. The molecule has 9 nitrogen and oxygen atoms in total. The predicted molar refractivity (Wildman–Crippen MR) is 132 cm³/mol. The SMILES string of the molecule is COC[C@@]1(C)C[C@@](C)(c2cc(NC(=O)c3cnc(OCC4(C)COC4)cn3)ccc2F)N=C(N)S1. The zero-order valence-electron chi connectivity index (χ0n) is 20.3. The first-order valence-electron chi connectivity index (χ1n) is 11.2. The Kier molecular flexibility index (Phi) is 7.03. The Labute approximate surface area is 208 Å². The topological polar surface area (TPSA) is 121 Å². The number of anilines is 1. The largest absolute Gasteiger partial charge is 0.476 e. The maximum atomic E-state index is 15.0. The first-order valence-corrected chi connectivity index (χ1v) is 12.0. The number of amidine groups is 1. The fourth-order valence-electron chi connectivity index (χ4n) is 4.36. The Morgan fingerprint density at radius 1 is 1.23 bits per heavy atom. The number of hydrogen-bond acceptors (Lipinski definition) is 9. The fraction of sp³-hybridized carbons (Fsp3) is 0.500. The number of nitrogens with zero attached hydrogens (tertiary/aromatic N) is 3. The zero-order valence-corrected chi connectivity index (χ0v) is 21.1. The molecule has 11 heteroatoms. The summed E-state index contributed by atoms with van der Waals surface area (Å²) in [7, 11) is 1.62. The Morgan fingerprint density at radius 2 is 2.00 bits per heavy atom. The van der Waals surface area contributed by atoms with Crippen molar-refractivity contribution in [1.29, 1.82) is 0 Å². The first kappa shape index (κ1) is 25.3. The molecule has 4 rings (SSSR count). The molecule has 1 fully saturated rings. The van der Waals surface area contributed by atoms with Crippen molar-refractivity contribution in [2.75, 3.05) is 38.9 Å². The van der Waals surface area contributed by atoms with Crippen LogP contribution >= 0.6 is 11.8 Å². The quantitative estimate of drug-likeness (QED) is 0.563. The molecule has 3 N–H and O–H groups in total. The molecule has 1 saturated heterocycles. The van der Waals surface area contributed by atoms with Crippen LogP contribution in [-0.2, 0) is 15.0 Å². The summed E-state index contributed by atoms with van der Waals surface area (Å²) in [5.41, 5.74) is 6.01. The number of benzene rings is 1. The second kappa shape index (κ2) is 9.71. The summed E-state index contributed by atoms with van der Waals surface area (Å²) in [6, 6.07) is 4.38. The molecule has 0 saturated carbocycles. The van der Waals surface area contributed by atoms with Crippen LogP contribution in [0.5, 0.6) is 5.88 Å². The number of thioether (sulfide) groups is 1. The summed E-state index contributed by atoms with van der Waals surface area (Å²) in [4.78, 5) is 25.6. The smallest absolute Gasteiger partial charge is 0.275 e. The summed E-state index contributed by atoms with van der Waals surface area (Å²) in [5.74, 6) is -0.575. The maximum absolute atomic E-state index is 15.0. The van der Waals surface area contributed by atoms with E-state index in [1.807, 2.05) is 13.8 Å². The van der Waals surface area contributed by atoms with E-state index in [9.17, 15) is 9.18 Å². The number of nitrogens with two attached hydrogens (primary N) is 1. The van der Waals surface area contributed by atoms with Crippen LogP contribution in [-0.4, -0.2) is 59.3 Å². The van der Waals surface area contributed by atoms with Crippen LogP contribution in [0, 0.1) is 11.2 Å². The number of hydrogen-bond donors (Lipinski definition) is 2. The number of ether oxygens (including phenoxy) is 3. The van der Waals surface area contributed by atoms with E-state index in [2.05, 4.69) is 27.2 Å². The maximum Gasteiger partial charge on any atom is 0.275 e. The highest BCUT2D eigenvalue weighted by Crippen LogP contribution is 2.46. The van der Waals surface area contributed by atoms with Crippen LogP contribution < -0.4 is 15.8 Å². The third-order valence-electron chi connectivity index (χ3n) is 6.01. The monoisotopic (exact) mass is 503 g/mol. The molecule has 1 amide bonds. The Balaban J connectivity index is 1.48. The number of carbonyl (C=O) groups excluding carboxylic acids is 1. The fourth-order valence-corrected chi connectivity index (χ4v) is 5.65. The van der Waals surface area contributed by atoms with Gasteiger partial charge in [0.15, 0.2) is 5.17 Å². The lowest BCUT2D eigenvalue weighted by atomic mass is 9.83. The van der Waals surface area contributed by atoms with Gasteiger partial charge in [-0.1, -0.05) is 18.7 Å². The third kappa shape index (κ3) is 5.74. The van der Waals surface area contributed by atoms with Gasteiger partial charge < -0.3 is 25.3 Å². The summed E-state index contributed by atoms with van der Waals surface area (Å²) in [6.07, 6.45) is 3.25. The first-order chi connectivity index (χ1) is 16.5. The van der Waals surface area contributed by atoms with E-state index in [0.29, 0.717) is 55.1 Å². The standard InChI is InChI=1S/C24H30FN5O4S/c1-22(11-33-12-22)13-34-19-9-27-18(8-28-19)20(31)29-15-5-6-17(25)16(7-15)24(3)10-23(2,14-32-4)35-21(26)30-24/h5-9H,10-14H2,1-4H3,(H2,26,30)(H,29,31)/t23-,24+/m1/s1. The minimum atomic E-state index is -0.922. The van der Waals surface area contributed by atoms with Gasteiger partial charge in [-0.05, 0) is 38.5 Å². The van der Waals surface area contributed by atoms with Gasteiger partial charge in [0.1, 0.15) is 11.5 Å². The highest BCUT2D eigenvalue weighted by atomic mass is 32.2. The van der Waals surface area contributed by atoms with Crippen LogP contribution in [0.4, 0.5) is 10.1 Å². The van der Waals surface area contributed by atoms with E-state index in [1.54, 1.807) is 13.2 Å². The van der Waals surface area contributed by atoms with Gasteiger partial charge in [0.25, 0.3) is 5.91 Å². The van der Waals surface area contributed by atoms with Crippen molar-refractivity contribution in [3.63, 3.8) is 0 Å². The van der Waals surface area contributed by atoms with Crippen molar-refractivity contribution >= 4 is 28.5 Å². The van der Waals surface area contributed by atoms with Crippen molar-refractivity contribution in [2.24, 2.45) is 16.1 Å². The summed E-state index contributed by atoms with van der Waals surface area (Å²) >= 11 is 1.42. The number of methoxy groups -OCH3 is 1. The molecule has 0 aliphatic carbocycles. The molecule has 0 spiro atoms. The van der Waals surface area contributed by atoms with Gasteiger partial charge in [0.2, 0.25) is 5.88 Å². The van der Waals surface area contributed by atoms with Crippen molar-refractivity contribution < 1.29 is 23.4 Å². The molecular formula is C24H30FN5O4S. The van der Waals surface area contributed by atoms with Crippen LogP contribution in [0.3, 0.4) is 0 Å². The third-order valence-corrected chi connectivity index (χ3v) is 7.07. The minimum Gasteiger partial charge on any atom is -0.476 e. The van der Waals surface area contributed by atoms with Gasteiger partial charge in [0.05, 0.1) is 44.4 Å². The number of rotatable bonds is 8. The molecule has 2 aliphatic heterocycles. The van der Waals surface area contributed by atoms with Crippen LogP contribution in [0.2, 0.25) is 0 Å². The van der Waals surface area contributed by atoms with Crippen LogP contribution in [0.15, 0.2) is 35.6 Å². The average Bonchev–Trinajstić information content (AvgIpc) is 2.77. The van der Waals surface area contributed by atoms with Crippen molar-refractivity contribution in [1.82, 2.24) is 9.97 Å². The number of carbonyl (C=O) groups is 1. The molecule has 3 heterocycles. The van der Waals surface area contributed by atoms with Gasteiger partial charge >= 0.3 is 0 Å². The van der Waals surface area contributed by atoms with Crippen molar-refractivity contribution in [3.05, 3.63) is 47.7 Å². The highest BCUT2D eigenvalue weighted by molar-refractivity contribution is 8.15. The van der Waals surface area contributed by atoms with Crippen molar-refractivity contribution in [3.8, 4) is 5.88 Å². The summed E-state index contributed by atoms with van der Waals surface area (Å²) in [5, 5.41) is 3.12. The Bertz CT molecular complexity index is 1130. The minimum absolute atomic E-state index is 0.0264. The normalized spacial score (nSPS) is 25.3. The van der Waals surface area contributed by atoms with Crippen molar-refractivity contribution in [2.45, 2.75) is 37.5 Å². The van der Waals surface area contributed by atoms with E-state index >= 15 is 0 Å².